The Morgan fingerprint density at radius 3 is 2.69 bits per heavy atom. The van der Waals surface area contributed by atoms with Crippen molar-refractivity contribution in [1.82, 2.24) is 24.8 Å². The maximum atomic E-state index is 12.9. The first-order chi connectivity index (χ1) is 17.6. The van der Waals surface area contributed by atoms with Gasteiger partial charge in [0.1, 0.15) is 0 Å². The van der Waals surface area contributed by atoms with E-state index in [0.717, 1.165) is 55.8 Å². The Kier molecular flexibility index (Phi) is 7.06. The van der Waals surface area contributed by atoms with Gasteiger partial charge in [-0.05, 0) is 62.9 Å². The fourth-order valence-corrected chi connectivity index (χ4v) is 4.92. The van der Waals surface area contributed by atoms with Crippen LogP contribution in [-0.2, 0) is 6.54 Å². The highest BCUT2D eigenvalue weighted by atomic mass is 16.1. The van der Waals surface area contributed by atoms with E-state index in [1.807, 2.05) is 25.1 Å². The monoisotopic (exact) mass is 478 g/mol. The smallest absolute Gasteiger partial charge is 0.254 e. The fourth-order valence-electron chi connectivity index (χ4n) is 4.92. The summed E-state index contributed by atoms with van der Waals surface area (Å²) >= 11 is 0. The molecule has 182 valence electrons. The second kappa shape index (κ2) is 10.7. The Hall–Kier alpha value is -4.02. The molecule has 1 N–H and O–H groups in total. The summed E-state index contributed by atoms with van der Waals surface area (Å²) < 4.78 is 1.70. The number of benzene rings is 2. The van der Waals surface area contributed by atoms with Crippen LogP contribution in [0.25, 0.3) is 16.9 Å². The number of carbonyl (C=O) groups excluding carboxylic acids is 1. The highest BCUT2D eigenvalue weighted by molar-refractivity contribution is 5.95. The molecule has 7 nitrogen and oxygen atoms in total. The number of rotatable bonds is 7. The third kappa shape index (κ3) is 5.29. The summed E-state index contributed by atoms with van der Waals surface area (Å²) in [5.41, 5.74) is 5.46. The lowest BCUT2D eigenvalue weighted by molar-refractivity contribution is 0.0946. The van der Waals surface area contributed by atoms with E-state index in [-0.39, 0.29) is 5.91 Å². The van der Waals surface area contributed by atoms with Crippen LogP contribution in [0.4, 0.5) is 0 Å². The van der Waals surface area contributed by atoms with Crippen molar-refractivity contribution in [3.05, 3.63) is 89.2 Å². The van der Waals surface area contributed by atoms with Gasteiger partial charge in [0, 0.05) is 30.9 Å². The zero-order valence-electron chi connectivity index (χ0n) is 20.5. The molecule has 2 aromatic heterocycles. The second-order valence-corrected chi connectivity index (χ2v) is 9.50. The molecular weight excluding hydrogens is 448 g/mol. The van der Waals surface area contributed by atoms with E-state index in [2.05, 4.69) is 56.7 Å². The lowest BCUT2D eigenvalue weighted by Crippen LogP contribution is -2.35. The number of nitrogens with zero attached hydrogens (tertiary/aromatic N) is 5. The van der Waals surface area contributed by atoms with Gasteiger partial charge in [0.15, 0.2) is 5.65 Å². The first-order valence-electron chi connectivity index (χ1n) is 12.5. The number of hydrogen-bond acceptors (Lipinski definition) is 5. The highest BCUT2D eigenvalue weighted by Crippen LogP contribution is 2.23. The number of nitrogens with one attached hydrogen (secondary N) is 1. The van der Waals surface area contributed by atoms with Crippen LogP contribution < -0.4 is 5.32 Å². The topological polar surface area (TPSA) is 86.3 Å². The van der Waals surface area contributed by atoms with Crippen molar-refractivity contribution in [2.24, 2.45) is 5.92 Å². The van der Waals surface area contributed by atoms with Gasteiger partial charge in [0.25, 0.3) is 5.91 Å². The maximum absolute atomic E-state index is 12.9. The Labute approximate surface area is 211 Å². The summed E-state index contributed by atoms with van der Waals surface area (Å²) in [6.45, 7) is 5.76. The molecule has 1 aliphatic heterocycles. The van der Waals surface area contributed by atoms with Crippen LogP contribution >= 0.6 is 0 Å². The molecule has 1 fully saturated rings. The molecule has 0 aliphatic carbocycles. The van der Waals surface area contributed by atoms with Gasteiger partial charge >= 0.3 is 0 Å². The van der Waals surface area contributed by atoms with E-state index < -0.39 is 0 Å². The molecular formula is C29H30N6O. The molecule has 0 radical (unpaired) electrons. The van der Waals surface area contributed by atoms with Gasteiger partial charge in [-0.3, -0.25) is 9.69 Å². The normalized spacial score (nSPS) is 14.6. The quantitative estimate of drug-likeness (QED) is 0.419. The van der Waals surface area contributed by atoms with Crippen molar-refractivity contribution in [3.8, 4) is 17.3 Å². The fraction of sp³-hybridized carbons (Fsp3) is 0.310. The molecule has 0 saturated carbocycles. The molecule has 1 saturated heterocycles. The van der Waals surface area contributed by atoms with E-state index in [1.54, 1.807) is 22.8 Å². The third-order valence-electron chi connectivity index (χ3n) is 7.05. The van der Waals surface area contributed by atoms with Crippen molar-refractivity contribution in [3.63, 3.8) is 0 Å². The van der Waals surface area contributed by atoms with Crippen LogP contribution in [-0.4, -0.2) is 45.0 Å². The van der Waals surface area contributed by atoms with Gasteiger partial charge in [-0.15, -0.1) is 0 Å². The second-order valence-electron chi connectivity index (χ2n) is 9.50. The largest absolute Gasteiger partial charge is 0.352 e. The van der Waals surface area contributed by atoms with Crippen molar-refractivity contribution >= 4 is 11.6 Å². The summed E-state index contributed by atoms with van der Waals surface area (Å²) in [5, 5.41) is 16.9. The first-order valence-corrected chi connectivity index (χ1v) is 12.5. The van der Waals surface area contributed by atoms with Crippen molar-refractivity contribution in [2.45, 2.75) is 32.7 Å². The van der Waals surface area contributed by atoms with Crippen molar-refractivity contribution in [1.29, 1.82) is 5.26 Å². The van der Waals surface area contributed by atoms with Gasteiger partial charge in [-0.2, -0.15) is 10.4 Å². The summed E-state index contributed by atoms with van der Waals surface area (Å²) in [4.78, 5) is 19.9. The number of aryl methyl sites for hydroxylation is 1. The number of carbonyl (C=O) groups is 1. The predicted octanol–water partition coefficient (Wildman–Crippen LogP) is 4.61. The summed E-state index contributed by atoms with van der Waals surface area (Å²) in [6, 6.07) is 22.0. The molecule has 2 aromatic carbocycles. The molecule has 1 aliphatic rings. The molecule has 0 atom stereocenters. The van der Waals surface area contributed by atoms with Crippen LogP contribution in [0, 0.1) is 24.2 Å². The Morgan fingerprint density at radius 1 is 1.11 bits per heavy atom. The zero-order chi connectivity index (χ0) is 24.9. The van der Waals surface area contributed by atoms with E-state index in [4.69, 9.17) is 0 Å². The van der Waals surface area contributed by atoms with Crippen molar-refractivity contribution < 1.29 is 4.79 Å². The molecule has 4 aromatic rings. The van der Waals surface area contributed by atoms with Crippen LogP contribution in [0.3, 0.4) is 0 Å². The minimum absolute atomic E-state index is 0.119. The van der Waals surface area contributed by atoms with E-state index in [0.29, 0.717) is 29.2 Å². The zero-order valence-corrected chi connectivity index (χ0v) is 20.5. The maximum Gasteiger partial charge on any atom is 0.254 e. The molecule has 0 spiro atoms. The van der Waals surface area contributed by atoms with Crippen LogP contribution in [0.5, 0.6) is 0 Å². The van der Waals surface area contributed by atoms with Gasteiger partial charge in [-0.25, -0.2) is 9.50 Å². The Bertz CT molecular complexity index is 1400. The molecule has 0 unspecified atom stereocenters. The highest BCUT2D eigenvalue weighted by Gasteiger charge is 2.20. The number of aromatic nitrogens is 3. The number of nitriles is 1. The van der Waals surface area contributed by atoms with Gasteiger partial charge < -0.3 is 5.32 Å². The molecule has 5 rings (SSSR count). The van der Waals surface area contributed by atoms with Crippen molar-refractivity contribution in [2.75, 3.05) is 19.6 Å². The average Bonchev–Trinajstić information content (AvgIpc) is 3.36. The van der Waals surface area contributed by atoms with E-state index in [1.165, 1.54) is 5.56 Å². The predicted molar refractivity (Wildman–Crippen MR) is 139 cm³/mol. The molecule has 7 heteroatoms. The third-order valence-corrected chi connectivity index (χ3v) is 7.05. The van der Waals surface area contributed by atoms with E-state index >= 15 is 0 Å². The summed E-state index contributed by atoms with van der Waals surface area (Å²) in [6.07, 6.45) is 4.94. The minimum atomic E-state index is -0.119. The van der Waals surface area contributed by atoms with Crippen LogP contribution in [0.15, 0.2) is 66.9 Å². The van der Waals surface area contributed by atoms with Gasteiger partial charge in [0.2, 0.25) is 0 Å². The first kappa shape index (κ1) is 23.7. The minimum Gasteiger partial charge on any atom is -0.352 e. The number of likely N-dealkylation sites (tertiary alicyclic amines) is 1. The van der Waals surface area contributed by atoms with E-state index in [9.17, 15) is 10.1 Å². The molecule has 0 bridgehead atoms. The molecule has 1 amide bonds. The molecule has 36 heavy (non-hydrogen) atoms. The summed E-state index contributed by atoms with van der Waals surface area (Å²) in [5.74, 6) is 0.517. The van der Waals surface area contributed by atoms with Gasteiger partial charge in [-0.1, -0.05) is 42.5 Å². The Balaban J connectivity index is 1.16. The number of fused-ring (bicyclic) bond motifs is 1. The number of amides is 1. The molecule has 3 heterocycles. The van der Waals surface area contributed by atoms with Gasteiger partial charge in [0.05, 0.1) is 28.6 Å². The standard InChI is InChI=1S/C29H30N6O/c1-21-26(19-32-28-17-27(33-35(21)28)25-9-5-8-24(16-25)18-30)29(36)31-13-10-22-11-14-34(15-12-22)20-23-6-3-2-4-7-23/h2-9,16-17,19,22H,10-15,20H2,1H3,(H,31,36). The van der Waals surface area contributed by atoms with Crippen LogP contribution in [0.1, 0.15) is 46.4 Å². The lowest BCUT2D eigenvalue weighted by Gasteiger charge is -2.32. The Morgan fingerprint density at radius 2 is 1.92 bits per heavy atom. The lowest BCUT2D eigenvalue weighted by atomic mass is 9.93. The number of piperidine rings is 1. The average molecular weight is 479 g/mol. The number of hydrogen-bond donors (Lipinski definition) is 1. The van der Waals surface area contributed by atoms with Crippen LogP contribution in [0.2, 0.25) is 0 Å². The SMILES string of the molecule is Cc1c(C(=O)NCCC2CCN(Cc3ccccc3)CC2)cnc2cc(-c3cccc(C#N)c3)nn12. The summed E-state index contributed by atoms with van der Waals surface area (Å²) in [7, 11) is 0.